The van der Waals surface area contributed by atoms with E-state index in [1.54, 1.807) is 12.1 Å². The zero-order valence-corrected chi connectivity index (χ0v) is 17.2. The van der Waals surface area contributed by atoms with Gasteiger partial charge in [-0.2, -0.15) is 0 Å². The molecule has 0 fully saturated rings. The van der Waals surface area contributed by atoms with Gasteiger partial charge in [0.05, 0.1) is 6.61 Å². The lowest BCUT2D eigenvalue weighted by atomic mass is 10.0. The zero-order valence-electron chi connectivity index (χ0n) is 16.2. The standard InChI is InChI=1S/C22H28O3Si/c1-5-6-7-8-12-25-22(24)20-15-19-14-17(11-13-26(2,3)4)9-10-18(19)16-21(20)23/h9-10,14-16,23H,5-8,12H2,1-4H3. The molecule has 2 rings (SSSR count). The molecule has 0 aromatic heterocycles. The number of fused-ring (bicyclic) bond motifs is 1. The van der Waals surface area contributed by atoms with Gasteiger partial charge in [-0.3, -0.25) is 0 Å². The number of unbranched alkanes of at least 4 members (excludes halogenated alkanes) is 3. The van der Waals surface area contributed by atoms with E-state index in [1.165, 1.54) is 0 Å². The molecule has 138 valence electrons. The van der Waals surface area contributed by atoms with Crippen LogP contribution in [0.15, 0.2) is 30.3 Å². The molecule has 3 nitrogen and oxygen atoms in total. The lowest BCUT2D eigenvalue weighted by Gasteiger charge is -2.08. The van der Waals surface area contributed by atoms with E-state index in [-0.39, 0.29) is 11.3 Å². The predicted octanol–water partition coefficient (Wildman–Crippen LogP) is 5.51. The Hall–Kier alpha value is -2.25. The van der Waals surface area contributed by atoms with Crippen LogP contribution < -0.4 is 0 Å². The van der Waals surface area contributed by atoms with Crippen molar-refractivity contribution < 1.29 is 14.6 Å². The Kier molecular flexibility index (Phi) is 6.88. The van der Waals surface area contributed by atoms with Crippen LogP contribution in [0.5, 0.6) is 5.75 Å². The molecule has 0 aliphatic rings. The molecule has 0 saturated heterocycles. The van der Waals surface area contributed by atoms with E-state index >= 15 is 0 Å². The number of aromatic hydroxyl groups is 1. The highest BCUT2D eigenvalue weighted by atomic mass is 28.3. The van der Waals surface area contributed by atoms with E-state index < -0.39 is 14.0 Å². The average Bonchev–Trinajstić information content (AvgIpc) is 2.58. The van der Waals surface area contributed by atoms with Crippen molar-refractivity contribution in [2.45, 2.75) is 52.2 Å². The molecule has 0 amide bonds. The van der Waals surface area contributed by atoms with E-state index in [1.807, 2.05) is 18.2 Å². The summed E-state index contributed by atoms with van der Waals surface area (Å²) in [7, 11) is -1.45. The number of hydrogen-bond donors (Lipinski definition) is 1. The summed E-state index contributed by atoms with van der Waals surface area (Å²) in [5.74, 6) is 2.71. The third kappa shape index (κ3) is 5.93. The second kappa shape index (κ2) is 8.91. The molecule has 0 saturated carbocycles. The molecule has 0 heterocycles. The maximum absolute atomic E-state index is 12.3. The molecular formula is C22H28O3Si. The van der Waals surface area contributed by atoms with Gasteiger partial charge in [0.25, 0.3) is 0 Å². The van der Waals surface area contributed by atoms with Crippen molar-refractivity contribution in [3.63, 3.8) is 0 Å². The fourth-order valence-corrected chi connectivity index (χ4v) is 3.08. The largest absolute Gasteiger partial charge is 0.507 e. The summed E-state index contributed by atoms with van der Waals surface area (Å²) in [4.78, 5) is 12.3. The van der Waals surface area contributed by atoms with E-state index in [9.17, 15) is 9.90 Å². The molecular weight excluding hydrogens is 340 g/mol. The quantitative estimate of drug-likeness (QED) is 0.316. The van der Waals surface area contributed by atoms with Crippen molar-refractivity contribution in [1.29, 1.82) is 0 Å². The summed E-state index contributed by atoms with van der Waals surface area (Å²) >= 11 is 0. The average molecular weight is 369 g/mol. The molecule has 0 unspecified atom stereocenters. The zero-order chi connectivity index (χ0) is 19.2. The second-order valence-electron chi connectivity index (χ2n) is 7.63. The lowest BCUT2D eigenvalue weighted by molar-refractivity contribution is 0.0495. The number of carbonyl (C=O) groups is 1. The van der Waals surface area contributed by atoms with Gasteiger partial charge in [-0.05, 0) is 41.5 Å². The number of benzene rings is 2. The summed E-state index contributed by atoms with van der Waals surface area (Å²) in [6, 6.07) is 9.13. The minimum absolute atomic E-state index is 0.0445. The Balaban J connectivity index is 2.20. The van der Waals surface area contributed by atoms with E-state index in [4.69, 9.17) is 4.74 Å². The molecule has 0 spiro atoms. The monoisotopic (exact) mass is 368 g/mol. The smallest absolute Gasteiger partial charge is 0.341 e. The van der Waals surface area contributed by atoms with Crippen LogP contribution in [-0.4, -0.2) is 25.8 Å². The third-order valence-electron chi connectivity index (χ3n) is 3.99. The van der Waals surface area contributed by atoms with Gasteiger partial charge in [-0.25, -0.2) is 4.79 Å². The lowest BCUT2D eigenvalue weighted by Crippen LogP contribution is -2.16. The Bertz CT molecular complexity index is 838. The molecule has 0 atom stereocenters. The number of hydrogen-bond acceptors (Lipinski definition) is 3. The van der Waals surface area contributed by atoms with Crippen molar-refractivity contribution in [2.75, 3.05) is 6.61 Å². The fraction of sp³-hybridized carbons (Fsp3) is 0.409. The first-order valence-electron chi connectivity index (χ1n) is 9.27. The Morgan fingerprint density at radius 3 is 2.54 bits per heavy atom. The highest BCUT2D eigenvalue weighted by Crippen LogP contribution is 2.26. The van der Waals surface area contributed by atoms with Crippen molar-refractivity contribution in [3.05, 3.63) is 41.5 Å². The molecule has 0 radical (unpaired) electrons. The van der Waals surface area contributed by atoms with Crippen LogP contribution in [0.2, 0.25) is 19.6 Å². The minimum Gasteiger partial charge on any atom is -0.507 e. The van der Waals surface area contributed by atoms with Crippen LogP contribution in [0.1, 0.15) is 48.5 Å². The maximum atomic E-state index is 12.3. The highest BCUT2D eigenvalue weighted by molar-refractivity contribution is 6.83. The van der Waals surface area contributed by atoms with Crippen LogP contribution in [0.4, 0.5) is 0 Å². The van der Waals surface area contributed by atoms with Gasteiger partial charge in [0, 0.05) is 5.56 Å². The second-order valence-corrected chi connectivity index (χ2v) is 12.4. The highest BCUT2D eigenvalue weighted by Gasteiger charge is 2.14. The number of phenols is 1. The first kappa shape index (κ1) is 20.1. The fourth-order valence-electron chi connectivity index (χ4n) is 2.56. The summed E-state index contributed by atoms with van der Waals surface area (Å²) in [6.07, 6.45) is 4.18. The number of ether oxygens (including phenoxy) is 1. The van der Waals surface area contributed by atoms with Gasteiger partial charge in [0.2, 0.25) is 0 Å². The topological polar surface area (TPSA) is 46.5 Å². The third-order valence-corrected chi connectivity index (χ3v) is 4.86. The normalized spacial score (nSPS) is 11.1. The minimum atomic E-state index is -1.45. The van der Waals surface area contributed by atoms with E-state index in [0.29, 0.717) is 6.61 Å². The maximum Gasteiger partial charge on any atom is 0.341 e. The summed E-state index contributed by atoms with van der Waals surface area (Å²) < 4.78 is 5.31. The Morgan fingerprint density at radius 1 is 1.08 bits per heavy atom. The van der Waals surface area contributed by atoms with Crippen LogP contribution in [-0.2, 0) is 4.74 Å². The van der Waals surface area contributed by atoms with Crippen LogP contribution in [0.25, 0.3) is 10.8 Å². The summed E-state index contributed by atoms with van der Waals surface area (Å²) in [6.45, 7) is 9.13. The number of phenolic OH excluding ortho intramolecular Hbond substituents is 1. The number of rotatable bonds is 6. The van der Waals surface area contributed by atoms with Crippen molar-refractivity contribution in [3.8, 4) is 17.2 Å². The number of esters is 1. The Morgan fingerprint density at radius 2 is 1.85 bits per heavy atom. The molecule has 0 aliphatic heterocycles. The van der Waals surface area contributed by atoms with Gasteiger partial charge >= 0.3 is 5.97 Å². The van der Waals surface area contributed by atoms with Crippen molar-refractivity contribution >= 4 is 24.8 Å². The van der Waals surface area contributed by atoms with Crippen LogP contribution in [0.3, 0.4) is 0 Å². The van der Waals surface area contributed by atoms with Crippen LogP contribution in [0, 0.1) is 11.5 Å². The first-order chi connectivity index (χ1) is 12.3. The van der Waals surface area contributed by atoms with Gasteiger partial charge < -0.3 is 9.84 Å². The SMILES string of the molecule is CCCCCCOC(=O)c1cc2cc(C#C[Si](C)(C)C)ccc2cc1O. The summed E-state index contributed by atoms with van der Waals surface area (Å²) in [5, 5.41) is 11.9. The molecule has 2 aromatic carbocycles. The van der Waals surface area contributed by atoms with Gasteiger partial charge in [0.15, 0.2) is 0 Å². The number of carbonyl (C=O) groups excluding carboxylic acids is 1. The predicted molar refractivity (Wildman–Crippen MR) is 110 cm³/mol. The summed E-state index contributed by atoms with van der Waals surface area (Å²) in [5.41, 5.74) is 4.48. The molecule has 0 aliphatic carbocycles. The molecule has 1 N–H and O–H groups in total. The molecule has 26 heavy (non-hydrogen) atoms. The molecule has 0 bridgehead atoms. The van der Waals surface area contributed by atoms with Crippen LogP contribution >= 0.6 is 0 Å². The Labute approximate surface area is 157 Å². The van der Waals surface area contributed by atoms with E-state index in [0.717, 1.165) is 42.0 Å². The first-order valence-corrected chi connectivity index (χ1v) is 12.8. The van der Waals surface area contributed by atoms with E-state index in [2.05, 4.69) is 38.0 Å². The molecule has 4 heteroatoms. The molecule has 2 aromatic rings. The van der Waals surface area contributed by atoms with Crippen molar-refractivity contribution in [1.82, 2.24) is 0 Å². The van der Waals surface area contributed by atoms with Crippen molar-refractivity contribution in [2.24, 2.45) is 0 Å². The van der Waals surface area contributed by atoms with Gasteiger partial charge in [-0.15, -0.1) is 5.54 Å². The van der Waals surface area contributed by atoms with Gasteiger partial charge in [-0.1, -0.05) is 57.8 Å². The van der Waals surface area contributed by atoms with Gasteiger partial charge in [0.1, 0.15) is 19.4 Å².